The molecule has 4 nitrogen and oxygen atoms in total. The number of fused-ring (bicyclic) bond motifs is 9. The quantitative estimate of drug-likeness (QED) is 0.164. The summed E-state index contributed by atoms with van der Waals surface area (Å²) in [6, 6.07) is 72.4. The molecular formula is C53H36BN3O. The highest BCUT2D eigenvalue weighted by molar-refractivity contribution is 6.99. The Morgan fingerprint density at radius 2 is 1.07 bits per heavy atom. The Balaban J connectivity index is 1.18. The maximum atomic E-state index is 7.12. The molecule has 0 N–H and O–H groups in total. The van der Waals surface area contributed by atoms with E-state index in [1.807, 2.05) is 0 Å². The summed E-state index contributed by atoms with van der Waals surface area (Å²) in [4.78, 5) is 4.80. The highest BCUT2D eigenvalue weighted by Gasteiger charge is 2.42. The van der Waals surface area contributed by atoms with Crippen LogP contribution >= 0.6 is 0 Å². The van der Waals surface area contributed by atoms with Gasteiger partial charge < -0.3 is 19.1 Å². The van der Waals surface area contributed by atoms with Crippen molar-refractivity contribution in [3.8, 4) is 17.2 Å². The van der Waals surface area contributed by atoms with Crippen LogP contribution in [0, 0.1) is 6.92 Å². The molecule has 9 aromatic carbocycles. The molecule has 0 saturated heterocycles. The van der Waals surface area contributed by atoms with Crippen LogP contribution in [0.4, 0.5) is 34.1 Å². The molecule has 0 atom stereocenters. The first-order valence-corrected chi connectivity index (χ1v) is 20.0. The molecule has 58 heavy (non-hydrogen) atoms. The predicted molar refractivity (Wildman–Crippen MR) is 244 cm³/mol. The highest BCUT2D eigenvalue weighted by Crippen LogP contribution is 2.47. The topological polar surface area (TPSA) is 20.6 Å². The van der Waals surface area contributed by atoms with Gasteiger partial charge in [0.15, 0.2) is 0 Å². The molecular weight excluding hydrogens is 705 g/mol. The van der Waals surface area contributed by atoms with Gasteiger partial charge in [0, 0.05) is 50.3 Å². The molecule has 3 heterocycles. The number of nitrogens with zero attached hydrogens (tertiary/aromatic N) is 3. The van der Waals surface area contributed by atoms with Crippen LogP contribution in [0.1, 0.15) is 5.56 Å². The van der Waals surface area contributed by atoms with Crippen LogP contribution in [0.3, 0.4) is 0 Å². The summed E-state index contributed by atoms with van der Waals surface area (Å²) in [6.07, 6.45) is 0. The standard InChI is InChI=1S/C53H36BN3O/c1-35-30-49-53-51(31-35)58-50-32-42-46(33-44(50)54(53)43-28-16-17-29-45(43)56(49)38-22-10-4-11-23-38)57(39-24-12-5-13-25-39)48-34-47(40-26-14-15-27-41(40)52(42)48)55(36-18-6-2-7-19-36)37-20-8-3-9-21-37/h2-34H,1H3. The van der Waals surface area contributed by atoms with Crippen LogP contribution in [0.15, 0.2) is 200 Å². The molecule has 2 aliphatic rings. The van der Waals surface area contributed by atoms with E-state index in [0.717, 1.165) is 67.6 Å². The average Bonchev–Trinajstić information content (AvgIpc) is 3.60. The van der Waals surface area contributed by atoms with Gasteiger partial charge in [-0.05, 0) is 119 Å². The monoisotopic (exact) mass is 741 g/mol. The van der Waals surface area contributed by atoms with Crippen molar-refractivity contribution < 1.29 is 4.74 Å². The van der Waals surface area contributed by atoms with Gasteiger partial charge in [-0.15, -0.1) is 0 Å². The minimum absolute atomic E-state index is 0.0175. The van der Waals surface area contributed by atoms with Gasteiger partial charge in [-0.1, -0.05) is 115 Å². The van der Waals surface area contributed by atoms with Crippen molar-refractivity contribution in [3.05, 3.63) is 206 Å². The van der Waals surface area contributed by atoms with Gasteiger partial charge >= 0.3 is 0 Å². The molecule has 272 valence electrons. The number of aryl methyl sites for hydroxylation is 1. The van der Waals surface area contributed by atoms with Crippen molar-refractivity contribution in [2.75, 3.05) is 9.80 Å². The molecule has 10 aromatic rings. The van der Waals surface area contributed by atoms with Crippen LogP contribution in [-0.2, 0) is 0 Å². The van der Waals surface area contributed by atoms with E-state index in [0.29, 0.717) is 0 Å². The lowest BCUT2D eigenvalue weighted by Crippen LogP contribution is -2.59. The Bertz CT molecular complexity index is 3180. The summed E-state index contributed by atoms with van der Waals surface area (Å²) >= 11 is 0. The number of aromatic nitrogens is 1. The fourth-order valence-corrected chi connectivity index (χ4v) is 9.66. The fraction of sp³-hybridized carbons (Fsp3) is 0.0189. The lowest BCUT2D eigenvalue weighted by Gasteiger charge is -2.40. The third kappa shape index (κ3) is 4.83. The molecule has 0 aliphatic carbocycles. The minimum atomic E-state index is -0.0175. The summed E-state index contributed by atoms with van der Waals surface area (Å²) < 4.78 is 9.59. The normalized spacial score (nSPS) is 12.6. The Kier molecular flexibility index (Phi) is 7.20. The molecule has 0 fully saturated rings. The maximum Gasteiger partial charge on any atom is 0.256 e. The summed E-state index contributed by atoms with van der Waals surface area (Å²) in [5.74, 6) is 1.82. The molecule has 0 unspecified atom stereocenters. The first-order valence-electron chi connectivity index (χ1n) is 20.0. The van der Waals surface area contributed by atoms with Gasteiger partial charge in [0.1, 0.15) is 11.5 Å². The number of hydrogen-bond donors (Lipinski definition) is 0. The Morgan fingerprint density at radius 1 is 0.466 bits per heavy atom. The Hall–Kier alpha value is -7.50. The summed E-state index contributed by atoms with van der Waals surface area (Å²) in [7, 11) is 0. The van der Waals surface area contributed by atoms with E-state index in [2.05, 4.69) is 221 Å². The van der Waals surface area contributed by atoms with Crippen LogP contribution in [0.5, 0.6) is 11.5 Å². The van der Waals surface area contributed by atoms with E-state index < -0.39 is 0 Å². The number of ether oxygens (including phenoxy) is 1. The van der Waals surface area contributed by atoms with Gasteiger partial charge in [0.2, 0.25) is 0 Å². The van der Waals surface area contributed by atoms with Gasteiger partial charge in [0.05, 0.1) is 16.7 Å². The van der Waals surface area contributed by atoms with Crippen molar-refractivity contribution in [1.29, 1.82) is 0 Å². The predicted octanol–water partition coefficient (Wildman–Crippen LogP) is 12.1. The van der Waals surface area contributed by atoms with Gasteiger partial charge in [-0.2, -0.15) is 0 Å². The van der Waals surface area contributed by atoms with Crippen molar-refractivity contribution in [2.24, 2.45) is 0 Å². The Morgan fingerprint density at radius 3 is 1.78 bits per heavy atom. The van der Waals surface area contributed by atoms with Crippen LogP contribution < -0.4 is 30.9 Å². The van der Waals surface area contributed by atoms with Crippen molar-refractivity contribution >= 4 is 89.8 Å². The van der Waals surface area contributed by atoms with Crippen LogP contribution in [-0.4, -0.2) is 11.3 Å². The van der Waals surface area contributed by atoms with Crippen molar-refractivity contribution in [1.82, 2.24) is 4.57 Å². The van der Waals surface area contributed by atoms with Gasteiger partial charge in [-0.25, -0.2) is 0 Å². The summed E-state index contributed by atoms with van der Waals surface area (Å²) in [6.45, 7) is 2.15. The SMILES string of the molecule is Cc1cc2c3c(c1)N(c1ccccc1)c1ccccc1B3c1cc3c(cc1O2)c1c2ccccc2c(N(c2ccccc2)c2ccccc2)cc1n3-c1ccccc1. The molecule has 0 saturated carbocycles. The maximum absolute atomic E-state index is 7.12. The zero-order valence-corrected chi connectivity index (χ0v) is 31.9. The van der Waals surface area contributed by atoms with Crippen molar-refractivity contribution in [2.45, 2.75) is 6.92 Å². The lowest BCUT2D eigenvalue weighted by molar-refractivity contribution is 0.488. The minimum Gasteiger partial charge on any atom is -0.458 e. The molecule has 5 heteroatoms. The molecule has 0 amide bonds. The molecule has 12 rings (SSSR count). The van der Waals surface area contributed by atoms with E-state index in [1.54, 1.807) is 0 Å². The number of benzene rings is 9. The van der Waals surface area contributed by atoms with Crippen molar-refractivity contribution in [3.63, 3.8) is 0 Å². The number of para-hydroxylation sites is 5. The second-order valence-corrected chi connectivity index (χ2v) is 15.4. The van der Waals surface area contributed by atoms with Gasteiger partial charge in [0.25, 0.3) is 6.71 Å². The van der Waals surface area contributed by atoms with E-state index in [9.17, 15) is 0 Å². The third-order valence-corrected chi connectivity index (χ3v) is 12.0. The van der Waals surface area contributed by atoms with E-state index >= 15 is 0 Å². The lowest BCUT2D eigenvalue weighted by atomic mass is 9.34. The largest absolute Gasteiger partial charge is 0.458 e. The molecule has 0 radical (unpaired) electrons. The average molecular weight is 742 g/mol. The van der Waals surface area contributed by atoms with E-state index in [4.69, 9.17) is 4.74 Å². The molecule has 1 aromatic heterocycles. The number of rotatable bonds is 5. The first-order chi connectivity index (χ1) is 28.7. The third-order valence-electron chi connectivity index (χ3n) is 12.0. The van der Waals surface area contributed by atoms with Gasteiger partial charge in [-0.3, -0.25) is 0 Å². The molecule has 0 bridgehead atoms. The van der Waals surface area contributed by atoms with Crippen LogP contribution in [0.25, 0.3) is 38.3 Å². The summed E-state index contributed by atoms with van der Waals surface area (Å²) in [5, 5.41) is 4.75. The second-order valence-electron chi connectivity index (χ2n) is 15.4. The zero-order valence-electron chi connectivity index (χ0n) is 31.9. The fourth-order valence-electron chi connectivity index (χ4n) is 9.66. The smallest absolute Gasteiger partial charge is 0.256 e. The van der Waals surface area contributed by atoms with E-state index in [1.165, 1.54) is 38.2 Å². The Labute approximate surface area is 337 Å². The highest BCUT2D eigenvalue weighted by atomic mass is 16.5. The number of hydrogen-bond acceptors (Lipinski definition) is 3. The molecule has 2 aliphatic heterocycles. The summed E-state index contributed by atoms with van der Waals surface area (Å²) in [5.41, 5.74) is 15.0. The first kappa shape index (κ1) is 32.7. The second kappa shape index (κ2) is 12.8. The number of anilines is 6. The van der Waals surface area contributed by atoms with Crippen LogP contribution in [0.2, 0.25) is 0 Å². The zero-order chi connectivity index (χ0) is 38.3. The van der Waals surface area contributed by atoms with E-state index in [-0.39, 0.29) is 6.71 Å². The molecule has 0 spiro atoms.